The van der Waals surface area contributed by atoms with Crippen molar-refractivity contribution in [3.05, 3.63) is 29.6 Å². The third-order valence-electron chi connectivity index (χ3n) is 2.20. The molecule has 0 radical (unpaired) electrons. The Morgan fingerprint density at radius 3 is 2.47 bits per heavy atom. The van der Waals surface area contributed by atoms with Gasteiger partial charge in [0.05, 0.1) is 0 Å². The molecule has 1 unspecified atom stereocenters. The molecule has 15 heavy (non-hydrogen) atoms. The number of hydrogen-bond donors (Lipinski definition) is 1. The van der Waals surface area contributed by atoms with Gasteiger partial charge in [-0.15, -0.1) is 0 Å². The van der Waals surface area contributed by atoms with Gasteiger partial charge in [0.15, 0.2) is 9.84 Å². The summed E-state index contributed by atoms with van der Waals surface area (Å²) < 4.78 is 35.6. The quantitative estimate of drug-likeness (QED) is 0.855. The molecule has 0 heterocycles. The molecule has 0 amide bonds. The molecular weight excluding hydrogens is 219 g/mol. The first-order valence-corrected chi connectivity index (χ1v) is 6.35. The van der Waals surface area contributed by atoms with Crippen molar-refractivity contribution in [3.63, 3.8) is 0 Å². The summed E-state index contributed by atoms with van der Waals surface area (Å²) in [4.78, 5) is -0.309. The number of halogens is 1. The van der Waals surface area contributed by atoms with Crippen LogP contribution in [0.3, 0.4) is 0 Å². The average Bonchev–Trinajstić information content (AvgIpc) is 2.14. The molecule has 0 aliphatic rings. The van der Waals surface area contributed by atoms with Crippen LogP contribution < -0.4 is 0 Å². The van der Waals surface area contributed by atoms with Gasteiger partial charge in [0.2, 0.25) is 0 Å². The summed E-state index contributed by atoms with van der Waals surface area (Å²) in [5.41, 5.74) is 0.586. The molecule has 1 N–H and O–H groups in total. The second-order valence-electron chi connectivity index (χ2n) is 3.55. The first kappa shape index (κ1) is 12.1. The molecule has 5 heteroatoms. The van der Waals surface area contributed by atoms with Gasteiger partial charge in [-0.05, 0) is 17.7 Å². The molecule has 84 valence electrons. The molecule has 1 atom stereocenters. The van der Waals surface area contributed by atoms with Crippen molar-refractivity contribution in [2.75, 3.05) is 12.9 Å². The second kappa shape index (κ2) is 4.28. The molecular formula is C10H13FO3S. The van der Waals surface area contributed by atoms with Crippen LogP contribution in [0.4, 0.5) is 4.39 Å². The zero-order valence-corrected chi connectivity index (χ0v) is 9.38. The molecule has 1 rings (SSSR count). The second-order valence-corrected chi connectivity index (χ2v) is 5.53. The summed E-state index contributed by atoms with van der Waals surface area (Å²) in [6, 6.07) is 3.89. The average molecular weight is 232 g/mol. The number of sulfone groups is 1. The lowest BCUT2D eigenvalue weighted by molar-refractivity contribution is 0.273. The van der Waals surface area contributed by atoms with E-state index in [9.17, 15) is 12.8 Å². The van der Waals surface area contributed by atoms with Gasteiger partial charge in [-0.1, -0.05) is 13.0 Å². The van der Waals surface area contributed by atoms with Gasteiger partial charge in [-0.25, -0.2) is 12.8 Å². The summed E-state index contributed by atoms with van der Waals surface area (Å²) in [5.74, 6) is -0.969. The minimum absolute atomic E-state index is 0.0995. The molecule has 0 saturated heterocycles. The number of aliphatic hydroxyl groups excluding tert-OH is 1. The highest BCUT2D eigenvalue weighted by molar-refractivity contribution is 7.90. The largest absolute Gasteiger partial charge is 0.396 e. The van der Waals surface area contributed by atoms with Crippen molar-refractivity contribution in [1.82, 2.24) is 0 Å². The highest BCUT2D eigenvalue weighted by atomic mass is 32.2. The van der Waals surface area contributed by atoms with Crippen LogP contribution in [0.1, 0.15) is 18.4 Å². The van der Waals surface area contributed by atoms with Crippen LogP contribution in [0.5, 0.6) is 0 Å². The van der Waals surface area contributed by atoms with E-state index < -0.39 is 15.7 Å². The van der Waals surface area contributed by atoms with E-state index in [1.54, 1.807) is 6.92 Å². The summed E-state index contributed by atoms with van der Waals surface area (Å²) in [7, 11) is -3.52. The summed E-state index contributed by atoms with van der Waals surface area (Å²) in [6.45, 7) is 1.63. The number of benzene rings is 1. The molecule has 3 nitrogen and oxygen atoms in total. The lowest BCUT2D eigenvalue weighted by Crippen LogP contribution is -2.04. The van der Waals surface area contributed by atoms with Gasteiger partial charge in [0.25, 0.3) is 0 Å². The predicted octanol–water partition coefficient (Wildman–Crippen LogP) is 1.33. The topological polar surface area (TPSA) is 54.4 Å². The summed E-state index contributed by atoms with van der Waals surface area (Å²) in [5, 5.41) is 8.87. The number of rotatable bonds is 3. The standard InChI is InChI=1S/C10H13FO3S/c1-7(6-12)8-3-4-10(9(11)5-8)15(2,13)14/h3-5,7,12H,6H2,1-2H3. The van der Waals surface area contributed by atoms with Gasteiger partial charge in [-0.2, -0.15) is 0 Å². The van der Waals surface area contributed by atoms with Crippen molar-refractivity contribution in [3.8, 4) is 0 Å². The minimum Gasteiger partial charge on any atom is -0.396 e. The fourth-order valence-electron chi connectivity index (χ4n) is 1.23. The molecule has 0 saturated carbocycles. The zero-order chi connectivity index (χ0) is 11.6. The third kappa shape index (κ3) is 2.76. The molecule has 0 bridgehead atoms. The maximum Gasteiger partial charge on any atom is 0.178 e. The predicted molar refractivity (Wildman–Crippen MR) is 55.0 cm³/mol. The Morgan fingerprint density at radius 1 is 1.47 bits per heavy atom. The van der Waals surface area contributed by atoms with Gasteiger partial charge in [-0.3, -0.25) is 0 Å². The highest BCUT2D eigenvalue weighted by Crippen LogP contribution is 2.20. The highest BCUT2D eigenvalue weighted by Gasteiger charge is 2.15. The van der Waals surface area contributed by atoms with Gasteiger partial charge in [0, 0.05) is 18.8 Å². The molecule has 1 aromatic rings. The van der Waals surface area contributed by atoms with Crippen LogP contribution in [0, 0.1) is 5.82 Å². The van der Waals surface area contributed by atoms with E-state index in [1.807, 2.05) is 0 Å². The van der Waals surface area contributed by atoms with E-state index in [0.29, 0.717) is 5.56 Å². The zero-order valence-electron chi connectivity index (χ0n) is 8.57. The summed E-state index contributed by atoms with van der Waals surface area (Å²) >= 11 is 0. The van der Waals surface area contributed by atoms with Crippen molar-refractivity contribution >= 4 is 9.84 Å². The first-order chi connectivity index (χ1) is 6.86. The van der Waals surface area contributed by atoms with Gasteiger partial charge >= 0.3 is 0 Å². The Labute approximate surface area is 88.5 Å². The Hall–Kier alpha value is -0.940. The Morgan fingerprint density at radius 2 is 2.07 bits per heavy atom. The molecule has 0 fully saturated rings. The third-order valence-corrected chi connectivity index (χ3v) is 3.33. The van der Waals surface area contributed by atoms with E-state index in [4.69, 9.17) is 5.11 Å². The van der Waals surface area contributed by atoms with Crippen molar-refractivity contribution in [1.29, 1.82) is 0 Å². The van der Waals surface area contributed by atoms with E-state index in [-0.39, 0.29) is 17.4 Å². The lowest BCUT2D eigenvalue weighted by Gasteiger charge is -2.09. The van der Waals surface area contributed by atoms with Crippen LogP contribution in [0.25, 0.3) is 0 Å². The molecule has 0 aliphatic carbocycles. The van der Waals surface area contributed by atoms with Crippen molar-refractivity contribution in [2.45, 2.75) is 17.7 Å². The monoisotopic (exact) mass is 232 g/mol. The lowest BCUT2D eigenvalue weighted by atomic mass is 10.0. The van der Waals surface area contributed by atoms with Crippen LogP contribution >= 0.6 is 0 Å². The summed E-state index contributed by atoms with van der Waals surface area (Å²) in [6.07, 6.45) is 0.959. The number of hydrogen-bond acceptors (Lipinski definition) is 3. The van der Waals surface area contributed by atoms with Gasteiger partial charge < -0.3 is 5.11 Å². The Bertz CT molecular complexity index is 454. The smallest absolute Gasteiger partial charge is 0.178 e. The normalized spacial score (nSPS) is 13.9. The van der Waals surface area contributed by atoms with Crippen LogP contribution in [0.15, 0.2) is 23.1 Å². The molecule has 0 aliphatic heterocycles. The van der Waals surface area contributed by atoms with Crippen molar-refractivity contribution < 1.29 is 17.9 Å². The maximum absolute atomic E-state index is 13.4. The molecule has 0 spiro atoms. The first-order valence-electron chi connectivity index (χ1n) is 4.46. The van der Waals surface area contributed by atoms with Crippen LogP contribution in [0.2, 0.25) is 0 Å². The SMILES string of the molecule is CC(CO)c1ccc(S(C)(=O)=O)c(F)c1. The Balaban J connectivity index is 3.21. The Kier molecular flexibility index (Phi) is 3.46. The van der Waals surface area contributed by atoms with Crippen molar-refractivity contribution in [2.24, 2.45) is 0 Å². The van der Waals surface area contributed by atoms with Gasteiger partial charge in [0.1, 0.15) is 10.7 Å². The molecule has 1 aromatic carbocycles. The number of aliphatic hydroxyl groups is 1. The van der Waals surface area contributed by atoms with E-state index in [1.165, 1.54) is 12.1 Å². The fraction of sp³-hybridized carbons (Fsp3) is 0.400. The maximum atomic E-state index is 13.4. The van der Waals surface area contributed by atoms with E-state index in [0.717, 1.165) is 12.3 Å². The van der Waals surface area contributed by atoms with E-state index in [2.05, 4.69) is 0 Å². The van der Waals surface area contributed by atoms with Crippen LogP contribution in [-0.2, 0) is 9.84 Å². The van der Waals surface area contributed by atoms with E-state index >= 15 is 0 Å². The molecule has 0 aromatic heterocycles. The van der Waals surface area contributed by atoms with Crippen LogP contribution in [-0.4, -0.2) is 26.4 Å². The minimum atomic E-state index is -3.52. The fourth-order valence-corrected chi connectivity index (χ4v) is 1.96.